The van der Waals surface area contributed by atoms with E-state index in [9.17, 15) is 0 Å². The van der Waals surface area contributed by atoms with Crippen molar-refractivity contribution >= 4 is 0 Å². The normalized spacial score (nSPS) is 26.2. The van der Waals surface area contributed by atoms with Crippen molar-refractivity contribution in [2.24, 2.45) is 5.84 Å². The molecule has 0 bridgehead atoms. The van der Waals surface area contributed by atoms with Crippen LogP contribution in [-0.2, 0) is 9.47 Å². The number of methoxy groups -OCH3 is 1. The van der Waals surface area contributed by atoms with Crippen LogP contribution in [0.3, 0.4) is 0 Å². The Balaban J connectivity index is 2.05. The number of ether oxygens (including phenoxy) is 2. The van der Waals surface area contributed by atoms with E-state index in [-0.39, 0.29) is 0 Å². The zero-order chi connectivity index (χ0) is 8.10. The van der Waals surface area contributed by atoms with Gasteiger partial charge in [0.25, 0.3) is 0 Å². The minimum absolute atomic E-state index is 0.365. The summed E-state index contributed by atoms with van der Waals surface area (Å²) in [7, 11) is 1.62. The highest BCUT2D eigenvalue weighted by Crippen LogP contribution is 2.12. The van der Waals surface area contributed by atoms with Crippen molar-refractivity contribution in [3.8, 4) is 0 Å². The second kappa shape index (κ2) is 4.66. The summed E-state index contributed by atoms with van der Waals surface area (Å²) >= 11 is 0. The van der Waals surface area contributed by atoms with Gasteiger partial charge in [-0.15, -0.1) is 0 Å². The maximum Gasteiger partial charge on any atom is 0.146 e. The van der Waals surface area contributed by atoms with Crippen molar-refractivity contribution in [2.75, 3.05) is 27.1 Å². The molecule has 1 heterocycles. The standard InChI is InChI=1S/C7H16N2O2/c1-10-6-11-5-7-3-2-4-9(7)8/h7H,2-6,8H2,1H3/t7-/m0/s1. The predicted molar refractivity (Wildman–Crippen MR) is 41.7 cm³/mol. The minimum atomic E-state index is 0.365. The van der Waals surface area contributed by atoms with E-state index >= 15 is 0 Å². The summed E-state index contributed by atoms with van der Waals surface area (Å²) in [4.78, 5) is 0. The fourth-order valence-electron chi connectivity index (χ4n) is 1.30. The molecular weight excluding hydrogens is 144 g/mol. The summed E-state index contributed by atoms with van der Waals surface area (Å²) in [6.07, 6.45) is 2.32. The molecular formula is C7H16N2O2. The van der Waals surface area contributed by atoms with Crippen LogP contribution in [0.25, 0.3) is 0 Å². The number of hydrogen-bond acceptors (Lipinski definition) is 4. The van der Waals surface area contributed by atoms with E-state index in [1.807, 2.05) is 5.01 Å². The largest absolute Gasteiger partial charge is 0.359 e. The van der Waals surface area contributed by atoms with Crippen LogP contribution in [0.4, 0.5) is 0 Å². The molecule has 4 heteroatoms. The number of hydrazine groups is 1. The van der Waals surface area contributed by atoms with Crippen LogP contribution in [0.5, 0.6) is 0 Å². The molecule has 0 aliphatic carbocycles. The van der Waals surface area contributed by atoms with E-state index in [0.29, 0.717) is 19.4 Å². The first-order valence-electron chi connectivity index (χ1n) is 3.92. The summed E-state index contributed by atoms with van der Waals surface area (Å²) < 4.78 is 9.95. The van der Waals surface area contributed by atoms with Gasteiger partial charge >= 0.3 is 0 Å². The summed E-state index contributed by atoms with van der Waals surface area (Å²) in [6, 6.07) is 0.394. The Morgan fingerprint density at radius 2 is 2.45 bits per heavy atom. The van der Waals surface area contributed by atoms with Crippen LogP contribution < -0.4 is 5.84 Å². The first-order chi connectivity index (χ1) is 5.34. The van der Waals surface area contributed by atoms with E-state index in [2.05, 4.69) is 0 Å². The Hall–Kier alpha value is -0.160. The van der Waals surface area contributed by atoms with Gasteiger partial charge in [-0.2, -0.15) is 0 Å². The van der Waals surface area contributed by atoms with Gasteiger partial charge in [-0.1, -0.05) is 0 Å². The SMILES string of the molecule is COCOC[C@@H]1CCCN1N. The predicted octanol–water partition coefficient (Wildman–Crippen LogP) is -0.0550. The van der Waals surface area contributed by atoms with Crippen molar-refractivity contribution in [3.05, 3.63) is 0 Å². The average molecular weight is 160 g/mol. The summed E-state index contributed by atoms with van der Waals surface area (Å²) in [5.74, 6) is 5.67. The van der Waals surface area contributed by atoms with Gasteiger partial charge in [-0.3, -0.25) is 5.84 Å². The van der Waals surface area contributed by atoms with Crippen molar-refractivity contribution in [1.29, 1.82) is 0 Å². The van der Waals surface area contributed by atoms with Gasteiger partial charge in [0.15, 0.2) is 0 Å². The number of hydrogen-bond donors (Lipinski definition) is 1. The topological polar surface area (TPSA) is 47.7 Å². The van der Waals surface area contributed by atoms with Gasteiger partial charge < -0.3 is 9.47 Å². The van der Waals surface area contributed by atoms with Crippen molar-refractivity contribution in [1.82, 2.24) is 5.01 Å². The third kappa shape index (κ3) is 2.75. The lowest BCUT2D eigenvalue weighted by molar-refractivity contribution is -0.0470. The third-order valence-electron chi connectivity index (χ3n) is 1.93. The average Bonchev–Trinajstić information content (AvgIpc) is 2.37. The minimum Gasteiger partial charge on any atom is -0.359 e. The molecule has 0 aromatic heterocycles. The molecule has 1 fully saturated rings. The van der Waals surface area contributed by atoms with E-state index in [1.165, 1.54) is 6.42 Å². The molecule has 1 rings (SSSR count). The lowest BCUT2D eigenvalue weighted by Gasteiger charge is -2.18. The van der Waals surface area contributed by atoms with Crippen LogP contribution in [0.2, 0.25) is 0 Å². The maximum absolute atomic E-state index is 5.67. The highest BCUT2D eigenvalue weighted by atomic mass is 16.7. The maximum atomic E-state index is 5.67. The lowest BCUT2D eigenvalue weighted by atomic mass is 10.2. The first kappa shape index (κ1) is 8.93. The smallest absolute Gasteiger partial charge is 0.146 e. The first-order valence-corrected chi connectivity index (χ1v) is 3.92. The molecule has 0 aromatic carbocycles. The highest BCUT2D eigenvalue weighted by Gasteiger charge is 2.21. The van der Waals surface area contributed by atoms with Crippen LogP contribution in [0, 0.1) is 0 Å². The van der Waals surface area contributed by atoms with E-state index in [1.54, 1.807) is 7.11 Å². The fourth-order valence-corrected chi connectivity index (χ4v) is 1.30. The molecule has 0 amide bonds. The van der Waals surface area contributed by atoms with Crippen molar-refractivity contribution in [2.45, 2.75) is 18.9 Å². The molecule has 1 aliphatic heterocycles. The number of nitrogens with two attached hydrogens (primary N) is 1. The van der Waals surface area contributed by atoms with Crippen LogP contribution in [-0.4, -0.2) is 38.1 Å². The molecule has 0 spiro atoms. The van der Waals surface area contributed by atoms with Crippen molar-refractivity contribution in [3.63, 3.8) is 0 Å². The monoisotopic (exact) mass is 160 g/mol. The third-order valence-corrected chi connectivity index (χ3v) is 1.93. The fraction of sp³-hybridized carbons (Fsp3) is 1.00. The molecule has 66 valence electrons. The Bertz CT molecular complexity index is 111. The van der Waals surface area contributed by atoms with Gasteiger partial charge in [0.1, 0.15) is 6.79 Å². The summed E-state index contributed by atoms with van der Waals surface area (Å²) in [5, 5.41) is 1.84. The van der Waals surface area contributed by atoms with Crippen LogP contribution in [0.1, 0.15) is 12.8 Å². The molecule has 0 saturated carbocycles. The second-order valence-electron chi connectivity index (χ2n) is 2.81. The summed E-state index contributed by atoms with van der Waals surface area (Å²) in [6.45, 7) is 2.04. The molecule has 4 nitrogen and oxygen atoms in total. The number of rotatable bonds is 4. The lowest BCUT2D eigenvalue weighted by Crippen LogP contribution is -2.38. The molecule has 0 radical (unpaired) electrons. The summed E-state index contributed by atoms with van der Waals surface area (Å²) in [5.41, 5.74) is 0. The molecule has 2 N–H and O–H groups in total. The van der Waals surface area contributed by atoms with Gasteiger partial charge in [-0.05, 0) is 12.8 Å². The molecule has 1 aliphatic rings. The van der Waals surface area contributed by atoms with Gasteiger partial charge in [0.05, 0.1) is 6.61 Å². The van der Waals surface area contributed by atoms with Gasteiger partial charge in [0.2, 0.25) is 0 Å². The molecule has 0 unspecified atom stereocenters. The Morgan fingerprint density at radius 1 is 1.64 bits per heavy atom. The second-order valence-corrected chi connectivity index (χ2v) is 2.81. The molecule has 0 aromatic rings. The molecule has 1 saturated heterocycles. The Morgan fingerprint density at radius 3 is 3.00 bits per heavy atom. The van der Waals surface area contributed by atoms with Crippen LogP contribution >= 0.6 is 0 Å². The van der Waals surface area contributed by atoms with Gasteiger partial charge in [-0.25, -0.2) is 5.01 Å². The Kier molecular flexibility index (Phi) is 3.79. The van der Waals surface area contributed by atoms with E-state index in [0.717, 1.165) is 13.0 Å². The van der Waals surface area contributed by atoms with Gasteiger partial charge in [0, 0.05) is 19.7 Å². The molecule has 11 heavy (non-hydrogen) atoms. The zero-order valence-electron chi connectivity index (χ0n) is 6.95. The van der Waals surface area contributed by atoms with Crippen molar-refractivity contribution < 1.29 is 9.47 Å². The highest BCUT2D eigenvalue weighted by molar-refractivity contribution is 4.73. The quantitative estimate of drug-likeness (QED) is 0.356. The van der Waals surface area contributed by atoms with E-state index < -0.39 is 0 Å². The Labute approximate surface area is 67.2 Å². The zero-order valence-corrected chi connectivity index (χ0v) is 6.95. The molecule has 1 atom stereocenters. The number of nitrogens with zero attached hydrogens (tertiary/aromatic N) is 1. The van der Waals surface area contributed by atoms with Crippen LogP contribution in [0.15, 0.2) is 0 Å². The van der Waals surface area contributed by atoms with E-state index in [4.69, 9.17) is 15.3 Å².